The number of hydrogen-bond acceptors (Lipinski definition) is 2. The molecule has 0 saturated carbocycles. The number of carboxylic acid groups (broad SMARTS) is 1. The molecule has 1 amide bonds. The molecule has 0 saturated heterocycles. The fourth-order valence-electron chi connectivity index (χ4n) is 1.71. The maximum absolute atomic E-state index is 11.0. The van der Waals surface area contributed by atoms with Gasteiger partial charge in [0.15, 0.2) is 0 Å². The highest BCUT2D eigenvalue weighted by Gasteiger charge is 2.10. The van der Waals surface area contributed by atoms with Crippen LogP contribution in [0.3, 0.4) is 0 Å². The van der Waals surface area contributed by atoms with E-state index in [0.29, 0.717) is 0 Å². The number of fused-ring (bicyclic) bond motifs is 1. The first-order chi connectivity index (χ1) is 8.58. The number of amides is 1. The van der Waals surface area contributed by atoms with Crippen LogP contribution in [0.5, 0.6) is 0 Å². The minimum atomic E-state index is -1.17. The minimum Gasteiger partial charge on any atom is -0.477 e. The lowest BCUT2D eigenvalue weighted by molar-refractivity contribution is -0.134. The van der Waals surface area contributed by atoms with Crippen LogP contribution in [0.1, 0.15) is 12.5 Å². The number of aromatic amines is 1. The Labute approximate surface area is 103 Å². The third-order valence-corrected chi connectivity index (χ3v) is 2.46. The molecule has 1 aromatic carbocycles. The lowest BCUT2D eigenvalue weighted by Gasteiger charge is -2.02. The van der Waals surface area contributed by atoms with Crippen molar-refractivity contribution in [3.63, 3.8) is 0 Å². The zero-order valence-corrected chi connectivity index (χ0v) is 9.73. The van der Waals surface area contributed by atoms with E-state index in [1.54, 1.807) is 6.20 Å². The summed E-state index contributed by atoms with van der Waals surface area (Å²) in [5.41, 5.74) is 1.49. The van der Waals surface area contributed by atoms with E-state index < -0.39 is 11.9 Å². The van der Waals surface area contributed by atoms with Crippen LogP contribution in [0.4, 0.5) is 0 Å². The lowest BCUT2D eigenvalue weighted by atomic mass is 10.1. The number of rotatable bonds is 3. The Kier molecular flexibility index (Phi) is 3.14. The first-order valence-electron chi connectivity index (χ1n) is 5.36. The number of benzene rings is 1. The monoisotopic (exact) mass is 244 g/mol. The molecule has 0 aliphatic heterocycles. The predicted molar refractivity (Wildman–Crippen MR) is 67.7 cm³/mol. The van der Waals surface area contributed by atoms with Crippen LogP contribution in [0, 0.1) is 0 Å². The molecule has 0 aliphatic rings. The van der Waals surface area contributed by atoms with Crippen molar-refractivity contribution in [2.24, 2.45) is 0 Å². The zero-order chi connectivity index (χ0) is 13.1. The van der Waals surface area contributed by atoms with E-state index in [9.17, 15) is 9.59 Å². The highest BCUT2D eigenvalue weighted by molar-refractivity contribution is 5.99. The molecule has 1 aromatic heterocycles. The molecular weight excluding hydrogens is 232 g/mol. The van der Waals surface area contributed by atoms with Crippen molar-refractivity contribution in [1.82, 2.24) is 10.3 Å². The van der Waals surface area contributed by atoms with Crippen molar-refractivity contribution in [1.29, 1.82) is 0 Å². The quantitative estimate of drug-likeness (QED) is 0.719. The molecule has 0 fully saturated rings. The van der Waals surface area contributed by atoms with Gasteiger partial charge in [-0.3, -0.25) is 4.79 Å². The van der Waals surface area contributed by atoms with Crippen molar-refractivity contribution in [2.75, 3.05) is 0 Å². The van der Waals surface area contributed by atoms with E-state index >= 15 is 0 Å². The average Bonchev–Trinajstić information content (AvgIpc) is 2.71. The molecule has 5 nitrogen and oxygen atoms in total. The number of aromatic nitrogens is 1. The van der Waals surface area contributed by atoms with Crippen LogP contribution in [0.2, 0.25) is 0 Å². The molecule has 2 rings (SSSR count). The van der Waals surface area contributed by atoms with Crippen molar-refractivity contribution >= 4 is 28.9 Å². The molecular formula is C13H12N2O3. The molecule has 0 radical (unpaired) electrons. The highest BCUT2D eigenvalue weighted by Crippen LogP contribution is 2.19. The topological polar surface area (TPSA) is 82.2 Å². The van der Waals surface area contributed by atoms with Crippen LogP contribution >= 0.6 is 0 Å². The van der Waals surface area contributed by atoms with Crippen molar-refractivity contribution in [3.05, 3.63) is 41.7 Å². The summed E-state index contributed by atoms with van der Waals surface area (Å²) in [6.45, 7) is 1.27. The third kappa shape index (κ3) is 2.40. The molecule has 0 aliphatic carbocycles. The van der Waals surface area contributed by atoms with E-state index in [-0.39, 0.29) is 5.70 Å². The van der Waals surface area contributed by atoms with E-state index in [1.165, 1.54) is 13.0 Å². The van der Waals surface area contributed by atoms with Crippen molar-refractivity contribution < 1.29 is 14.7 Å². The maximum Gasteiger partial charge on any atom is 0.352 e. The molecule has 5 heteroatoms. The van der Waals surface area contributed by atoms with Gasteiger partial charge in [-0.2, -0.15) is 0 Å². The fourth-order valence-corrected chi connectivity index (χ4v) is 1.71. The van der Waals surface area contributed by atoms with Crippen LogP contribution in [-0.4, -0.2) is 22.0 Å². The zero-order valence-electron chi connectivity index (χ0n) is 9.73. The fraction of sp³-hybridized carbons (Fsp3) is 0.0769. The summed E-state index contributed by atoms with van der Waals surface area (Å²) >= 11 is 0. The number of nitrogens with one attached hydrogen (secondary N) is 2. The standard InChI is InChI=1S/C13H12N2O3/c1-8(16)15-12(13(17)18)6-9-7-14-11-5-3-2-4-10(9)11/h2-7,14H,1H3,(H,15,16)(H,17,18)/b12-6-. The molecule has 0 spiro atoms. The Balaban J connectivity index is 2.46. The Hall–Kier alpha value is -2.56. The molecule has 0 atom stereocenters. The Morgan fingerprint density at radius 3 is 2.72 bits per heavy atom. The van der Waals surface area contributed by atoms with E-state index in [0.717, 1.165) is 16.5 Å². The number of carboxylic acids is 1. The number of aliphatic carboxylic acids is 1. The van der Waals surface area contributed by atoms with Crippen molar-refractivity contribution in [3.8, 4) is 0 Å². The summed E-state index contributed by atoms with van der Waals surface area (Å²) in [6.07, 6.45) is 3.14. The molecule has 0 bridgehead atoms. The number of carbonyl (C=O) groups is 2. The molecule has 18 heavy (non-hydrogen) atoms. The Morgan fingerprint density at radius 1 is 1.33 bits per heavy atom. The van der Waals surface area contributed by atoms with Crippen molar-refractivity contribution in [2.45, 2.75) is 6.92 Å². The second-order valence-corrected chi connectivity index (χ2v) is 3.83. The van der Waals surface area contributed by atoms with Gasteiger partial charge in [0.2, 0.25) is 5.91 Å². The van der Waals surface area contributed by atoms with Gasteiger partial charge < -0.3 is 15.4 Å². The van der Waals surface area contributed by atoms with E-state index in [1.807, 2.05) is 24.3 Å². The van der Waals surface area contributed by atoms with Gasteiger partial charge in [0.05, 0.1) is 0 Å². The summed E-state index contributed by atoms with van der Waals surface area (Å²) < 4.78 is 0. The average molecular weight is 244 g/mol. The van der Waals surface area contributed by atoms with Crippen LogP contribution in [0.25, 0.3) is 17.0 Å². The second-order valence-electron chi connectivity index (χ2n) is 3.83. The first-order valence-corrected chi connectivity index (χ1v) is 5.36. The third-order valence-electron chi connectivity index (χ3n) is 2.46. The van der Waals surface area contributed by atoms with Gasteiger partial charge in [-0.15, -0.1) is 0 Å². The SMILES string of the molecule is CC(=O)N/C(=C\c1c[nH]c2ccccc12)C(=O)O. The number of carbonyl (C=O) groups excluding carboxylic acids is 1. The Morgan fingerprint density at radius 2 is 2.06 bits per heavy atom. The van der Waals surface area contributed by atoms with Gasteiger partial charge in [0, 0.05) is 29.6 Å². The smallest absolute Gasteiger partial charge is 0.352 e. The lowest BCUT2D eigenvalue weighted by Crippen LogP contribution is -2.24. The largest absolute Gasteiger partial charge is 0.477 e. The van der Waals surface area contributed by atoms with Gasteiger partial charge in [-0.1, -0.05) is 18.2 Å². The van der Waals surface area contributed by atoms with Crippen LogP contribution < -0.4 is 5.32 Å². The Bertz CT molecular complexity index is 640. The summed E-state index contributed by atoms with van der Waals surface area (Å²) in [7, 11) is 0. The normalized spacial score (nSPS) is 11.5. The molecule has 1 heterocycles. The summed E-state index contributed by atoms with van der Waals surface area (Å²) in [6, 6.07) is 7.53. The number of hydrogen-bond donors (Lipinski definition) is 3. The predicted octanol–water partition coefficient (Wildman–Crippen LogP) is 1.73. The number of para-hydroxylation sites is 1. The maximum atomic E-state index is 11.0. The van der Waals surface area contributed by atoms with E-state index in [2.05, 4.69) is 10.3 Å². The second kappa shape index (κ2) is 4.75. The first kappa shape index (κ1) is 11.9. The van der Waals surface area contributed by atoms with Gasteiger partial charge in [0.25, 0.3) is 0 Å². The molecule has 92 valence electrons. The minimum absolute atomic E-state index is 0.146. The van der Waals surface area contributed by atoms with E-state index in [4.69, 9.17) is 5.11 Å². The molecule has 0 unspecified atom stereocenters. The van der Waals surface area contributed by atoms with Gasteiger partial charge in [0.1, 0.15) is 5.70 Å². The van der Waals surface area contributed by atoms with Crippen LogP contribution in [-0.2, 0) is 9.59 Å². The van der Waals surface area contributed by atoms with Gasteiger partial charge in [-0.05, 0) is 12.1 Å². The van der Waals surface area contributed by atoms with Gasteiger partial charge >= 0.3 is 5.97 Å². The number of H-pyrrole nitrogens is 1. The summed E-state index contributed by atoms with van der Waals surface area (Å²) in [5, 5.41) is 12.2. The van der Waals surface area contributed by atoms with Crippen LogP contribution in [0.15, 0.2) is 36.2 Å². The molecule has 3 N–H and O–H groups in total. The summed E-state index contributed by atoms with van der Waals surface area (Å²) in [5.74, 6) is -1.58. The van der Waals surface area contributed by atoms with Gasteiger partial charge in [-0.25, -0.2) is 4.79 Å². The molecule has 2 aromatic rings. The summed E-state index contributed by atoms with van der Waals surface area (Å²) in [4.78, 5) is 25.0. The highest BCUT2D eigenvalue weighted by atomic mass is 16.4.